The van der Waals surface area contributed by atoms with Gasteiger partial charge in [0.2, 0.25) is 11.8 Å². The summed E-state index contributed by atoms with van der Waals surface area (Å²) in [5.74, 6) is -0.315. The van der Waals surface area contributed by atoms with Gasteiger partial charge < -0.3 is 0 Å². The Morgan fingerprint density at radius 2 is 1.62 bits per heavy atom. The minimum absolute atomic E-state index is 0. The van der Waals surface area contributed by atoms with Crippen LogP contribution in [-0.2, 0) is 16.1 Å². The van der Waals surface area contributed by atoms with Crippen LogP contribution >= 0.6 is 12.4 Å². The lowest BCUT2D eigenvalue weighted by molar-refractivity contribution is -0.147. The van der Waals surface area contributed by atoms with Crippen molar-refractivity contribution < 1.29 is 9.59 Å². The molecule has 0 bridgehead atoms. The highest BCUT2D eigenvalue weighted by atomic mass is 35.5. The Morgan fingerprint density at radius 1 is 1.06 bits per heavy atom. The van der Waals surface area contributed by atoms with Gasteiger partial charge in [-0.3, -0.25) is 19.8 Å². The summed E-state index contributed by atoms with van der Waals surface area (Å²) in [6, 6.07) is 9.51. The lowest BCUT2D eigenvalue weighted by atomic mass is 10.2. The van der Waals surface area contributed by atoms with Crippen LogP contribution in [0.25, 0.3) is 0 Å². The van der Waals surface area contributed by atoms with E-state index in [4.69, 9.17) is 0 Å². The van der Waals surface area contributed by atoms with Gasteiger partial charge in [0, 0.05) is 0 Å². The van der Waals surface area contributed by atoms with Crippen LogP contribution in [0.15, 0.2) is 30.3 Å². The second-order valence-corrected chi connectivity index (χ2v) is 3.46. The maximum atomic E-state index is 11.5. The van der Waals surface area contributed by atoms with Gasteiger partial charge in [0.15, 0.2) is 0 Å². The van der Waals surface area contributed by atoms with Crippen LogP contribution in [0, 0.1) is 0 Å². The number of rotatable bonds is 2. The number of carbonyl (C=O) groups excluding carboxylic acids is 2. The molecule has 0 atom stereocenters. The first-order valence-electron chi connectivity index (χ1n) is 4.85. The Morgan fingerprint density at radius 3 is 2.19 bits per heavy atom. The van der Waals surface area contributed by atoms with Crippen molar-refractivity contribution in [3.05, 3.63) is 35.9 Å². The molecule has 1 heterocycles. The zero-order valence-electron chi connectivity index (χ0n) is 8.68. The Bertz CT molecular complexity index is 365. The molecule has 1 N–H and O–H groups in total. The third-order valence-electron chi connectivity index (χ3n) is 2.34. The number of hydrogen-bond donors (Lipinski definition) is 1. The molecule has 1 aromatic rings. The molecule has 1 saturated heterocycles. The average molecular weight is 241 g/mol. The number of amides is 2. The second-order valence-electron chi connectivity index (χ2n) is 3.46. The van der Waals surface area contributed by atoms with Crippen LogP contribution in [0.5, 0.6) is 0 Å². The molecule has 1 aromatic carbocycles. The van der Waals surface area contributed by atoms with Crippen molar-refractivity contribution >= 4 is 24.2 Å². The van der Waals surface area contributed by atoms with Crippen molar-refractivity contribution in [1.29, 1.82) is 0 Å². The van der Waals surface area contributed by atoms with Crippen molar-refractivity contribution in [1.82, 2.24) is 10.2 Å². The minimum Gasteiger partial charge on any atom is -0.300 e. The van der Waals surface area contributed by atoms with Gasteiger partial charge in [-0.25, -0.2) is 0 Å². The number of imide groups is 1. The van der Waals surface area contributed by atoms with Crippen LogP contribution in [0.4, 0.5) is 0 Å². The summed E-state index contributed by atoms with van der Waals surface area (Å²) in [7, 11) is 0. The van der Waals surface area contributed by atoms with E-state index in [0.717, 1.165) is 5.56 Å². The molecule has 2 amide bonds. The van der Waals surface area contributed by atoms with E-state index in [9.17, 15) is 9.59 Å². The fourth-order valence-corrected chi connectivity index (χ4v) is 1.55. The molecule has 5 heteroatoms. The van der Waals surface area contributed by atoms with Crippen molar-refractivity contribution in [3.63, 3.8) is 0 Å². The maximum Gasteiger partial charge on any atom is 0.243 e. The zero-order valence-corrected chi connectivity index (χ0v) is 9.50. The summed E-state index contributed by atoms with van der Waals surface area (Å²) < 4.78 is 0. The predicted octanol–water partition coefficient (Wildman–Crippen LogP) is 0.567. The monoisotopic (exact) mass is 240 g/mol. The molecule has 0 unspecified atom stereocenters. The van der Waals surface area contributed by atoms with Gasteiger partial charge in [0.05, 0.1) is 19.6 Å². The number of piperazine rings is 1. The number of benzene rings is 1. The zero-order chi connectivity index (χ0) is 10.7. The van der Waals surface area contributed by atoms with Crippen molar-refractivity contribution in [3.8, 4) is 0 Å². The van der Waals surface area contributed by atoms with E-state index < -0.39 is 0 Å². The Labute approximate surface area is 100 Å². The summed E-state index contributed by atoms with van der Waals surface area (Å²) in [5.41, 5.74) is 0.973. The highest BCUT2D eigenvalue weighted by molar-refractivity contribution is 5.99. The van der Waals surface area contributed by atoms with Crippen molar-refractivity contribution in [2.75, 3.05) is 13.1 Å². The molecule has 86 valence electrons. The van der Waals surface area contributed by atoms with Crippen LogP contribution < -0.4 is 5.32 Å². The van der Waals surface area contributed by atoms with Gasteiger partial charge in [-0.05, 0) is 5.56 Å². The number of halogens is 1. The van der Waals surface area contributed by atoms with Crippen LogP contribution in [0.1, 0.15) is 5.56 Å². The van der Waals surface area contributed by atoms with Gasteiger partial charge in [-0.2, -0.15) is 0 Å². The van der Waals surface area contributed by atoms with E-state index in [2.05, 4.69) is 5.32 Å². The summed E-state index contributed by atoms with van der Waals surface area (Å²) in [5, 5.41) is 2.76. The highest BCUT2D eigenvalue weighted by Crippen LogP contribution is 2.06. The fraction of sp³-hybridized carbons (Fsp3) is 0.273. The molecular weight excluding hydrogens is 228 g/mol. The average Bonchev–Trinajstić information content (AvgIpc) is 2.25. The quantitative estimate of drug-likeness (QED) is 0.769. The third-order valence-corrected chi connectivity index (χ3v) is 2.34. The van der Waals surface area contributed by atoms with Gasteiger partial charge in [-0.15, -0.1) is 12.4 Å². The van der Waals surface area contributed by atoms with Gasteiger partial charge >= 0.3 is 0 Å². The normalized spacial score (nSPS) is 15.9. The van der Waals surface area contributed by atoms with Gasteiger partial charge in [0.25, 0.3) is 0 Å². The van der Waals surface area contributed by atoms with E-state index in [-0.39, 0.29) is 37.3 Å². The smallest absolute Gasteiger partial charge is 0.243 e. The van der Waals surface area contributed by atoms with Crippen LogP contribution in [0.3, 0.4) is 0 Å². The van der Waals surface area contributed by atoms with Gasteiger partial charge in [-0.1, -0.05) is 30.3 Å². The Hall–Kier alpha value is -1.39. The molecule has 1 aliphatic rings. The first kappa shape index (κ1) is 12.7. The summed E-state index contributed by atoms with van der Waals surface area (Å²) >= 11 is 0. The predicted molar refractivity (Wildman–Crippen MR) is 62.1 cm³/mol. The van der Waals surface area contributed by atoms with E-state index in [0.29, 0.717) is 6.54 Å². The number of nitrogens with zero attached hydrogens (tertiary/aromatic N) is 1. The number of carbonyl (C=O) groups is 2. The minimum atomic E-state index is -0.157. The molecular formula is C11H13ClN2O2. The van der Waals surface area contributed by atoms with Crippen molar-refractivity contribution in [2.24, 2.45) is 0 Å². The first-order valence-corrected chi connectivity index (χ1v) is 4.85. The van der Waals surface area contributed by atoms with E-state index in [1.165, 1.54) is 4.90 Å². The lowest BCUT2D eigenvalue weighted by Gasteiger charge is -2.25. The van der Waals surface area contributed by atoms with E-state index >= 15 is 0 Å². The largest absolute Gasteiger partial charge is 0.300 e. The molecule has 1 aliphatic heterocycles. The second kappa shape index (κ2) is 5.63. The Balaban J connectivity index is 0.00000128. The van der Waals surface area contributed by atoms with E-state index in [1.807, 2.05) is 30.3 Å². The molecule has 0 aromatic heterocycles. The molecule has 0 saturated carbocycles. The van der Waals surface area contributed by atoms with Crippen molar-refractivity contribution in [2.45, 2.75) is 6.54 Å². The molecule has 0 spiro atoms. The standard InChI is InChI=1S/C11H12N2O2.ClH/c14-10-6-12-7-11(15)13(10)8-9-4-2-1-3-5-9;/h1-5,12H,6-8H2;1H. The molecule has 2 rings (SSSR count). The fourth-order valence-electron chi connectivity index (χ4n) is 1.55. The molecule has 16 heavy (non-hydrogen) atoms. The molecule has 0 radical (unpaired) electrons. The number of nitrogens with one attached hydrogen (secondary N) is 1. The molecule has 1 fully saturated rings. The summed E-state index contributed by atoms with van der Waals surface area (Å²) in [4.78, 5) is 24.2. The third kappa shape index (κ3) is 2.81. The maximum absolute atomic E-state index is 11.5. The lowest BCUT2D eigenvalue weighted by Crippen LogP contribution is -2.51. The van der Waals surface area contributed by atoms with Crippen LogP contribution in [-0.4, -0.2) is 29.8 Å². The molecule has 4 nitrogen and oxygen atoms in total. The Kier molecular flexibility index (Phi) is 4.46. The summed E-state index contributed by atoms with van der Waals surface area (Å²) in [6.45, 7) is 0.872. The highest BCUT2D eigenvalue weighted by Gasteiger charge is 2.25. The SMILES string of the molecule is Cl.O=C1CNCC(=O)N1Cc1ccccc1. The topological polar surface area (TPSA) is 49.4 Å². The first-order chi connectivity index (χ1) is 7.27. The van der Waals surface area contributed by atoms with E-state index in [1.54, 1.807) is 0 Å². The number of hydrogen-bond acceptors (Lipinski definition) is 3. The van der Waals surface area contributed by atoms with Gasteiger partial charge in [0.1, 0.15) is 0 Å². The summed E-state index contributed by atoms with van der Waals surface area (Å²) in [6.07, 6.45) is 0. The van der Waals surface area contributed by atoms with Crippen LogP contribution in [0.2, 0.25) is 0 Å². The molecule has 0 aliphatic carbocycles.